The van der Waals surface area contributed by atoms with Crippen LogP contribution in [0.5, 0.6) is 0 Å². The van der Waals surface area contributed by atoms with Crippen LogP contribution in [0.3, 0.4) is 0 Å². The molecule has 0 N–H and O–H groups in total. The summed E-state index contributed by atoms with van der Waals surface area (Å²) in [4.78, 5) is 9.16. The first-order valence-corrected chi connectivity index (χ1v) is 21.3. The molecular formula is C46H40IrN2SSi-2. The van der Waals surface area contributed by atoms with Crippen LogP contribution >= 0.6 is 11.3 Å². The molecule has 1 radical (unpaired) electrons. The number of aromatic nitrogens is 2. The predicted octanol–water partition coefficient (Wildman–Crippen LogP) is 12.5. The smallest absolute Gasteiger partial charge is 0.0795 e. The van der Waals surface area contributed by atoms with Gasteiger partial charge in [0.25, 0.3) is 0 Å². The van der Waals surface area contributed by atoms with Crippen LogP contribution in [0.15, 0.2) is 146 Å². The maximum Gasteiger partial charge on any atom is 0.0795 e. The second-order valence-corrected chi connectivity index (χ2v) is 19.9. The number of thiophene rings is 1. The summed E-state index contributed by atoms with van der Waals surface area (Å²) in [7, 11) is -1.23. The zero-order valence-corrected chi connectivity index (χ0v) is 33.7. The predicted molar refractivity (Wildman–Crippen MR) is 218 cm³/mol. The third-order valence-electron chi connectivity index (χ3n) is 8.94. The summed E-state index contributed by atoms with van der Waals surface area (Å²) >= 11 is 1.78. The van der Waals surface area contributed by atoms with Crippen molar-refractivity contribution in [3.8, 4) is 44.8 Å². The van der Waals surface area contributed by atoms with Gasteiger partial charge >= 0.3 is 0 Å². The van der Waals surface area contributed by atoms with E-state index in [2.05, 4.69) is 127 Å². The molecule has 51 heavy (non-hydrogen) atoms. The van der Waals surface area contributed by atoms with Gasteiger partial charge in [-0.05, 0) is 79.1 Å². The molecule has 0 atom stereocenters. The fourth-order valence-electron chi connectivity index (χ4n) is 6.05. The van der Waals surface area contributed by atoms with Crippen LogP contribution in [0.1, 0.15) is 26.7 Å². The molecule has 255 valence electrons. The van der Waals surface area contributed by atoms with E-state index in [4.69, 9.17) is 1.37 Å². The summed E-state index contributed by atoms with van der Waals surface area (Å²) in [5, 5.41) is 3.86. The zero-order valence-electron chi connectivity index (χ0n) is 30.5. The molecule has 0 saturated heterocycles. The average Bonchev–Trinajstić information content (AvgIpc) is 3.54. The number of hydrogen-bond acceptors (Lipinski definition) is 3. The molecule has 5 aromatic carbocycles. The Morgan fingerprint density at radius 2 is 1.39 bits per heavy atom. The zero-order chi connectivity index (χ0) is 35.6. The van der Waals surface area contributed by atoms with Crippen LogP contribution in [0.2, 0.25) is 19.6 Å². The molecular weight excluding hydrogens is 833 g/mol. The van der Waals surface area contributed by atoms with Crippen molar-refractivity contribution in [2.24, 2.45) is 0 Å². The molecule has 0 unspecified atom stereocenters. The molecule has 0 aliphatic carbocycles. The van der Waals surface area contributed by atoms with Gasteiger partial charge in [0, 0.05) is 38.6 Å². The third-order valence-corrected chi connectivity index (χ3v) is 12.2. The van der Waals surface area contributed by atoms with Gasteiger partial charge in [0.1, 0.15) is 0 Å². The van der Waals surface area contributed by atoms with Crippen molar-refractivity contribution in [3.63, 3.8) is 0 Å². The minimum absolute atomic E-state index is 0. The number of rotatable bonds is 6. The Balaban J connectivity index is 0.000000230. The van der Waals surface area contributed by atoms with Crippen molar-refractivity contribution in [2.45, 2.75) is 39.4 Å². The molecule has 8 aromatic rings. The van der Waals surface area contributed by atoms with E-state index in [0.717, 1.165) is 28.1 Å². The van der Waals surface area contributed by atoms with E-state index in [0.29, 0.717) is 0 Å². The first-order chi connectivity index (χ1) is 24.5. The quantitative estimate of drug-likeness (QED) is 0.123. The van der Waals surface area contributed by atoms with E-state index in [9.17, 15) is 0 Å². The molecule has 0 bridgehead atoms. The summed E-state index contributed by atoms with van der Waals surface area (Å²) < 4.78 is 10.9. The van der Waals surface area contributed by atoms with Crippen LogP contribution in [-0.4, -0.2) is 18.0 Å². The van der Waals surface area contributed by atoms with Gasteiger partial charge in [-0.2, -0.15) is 11.3 Å². The second kappa shape index (κ2) is 15.8. The van der Waals surface area contributed by atoms with Crippen LogP contribution in [0.4, 0.5) is 0 Å². The molecule has 0 spiro atoms. The van der Waals surface area contributed by atoms with Crippen LogP contribution < -0.4 is 5.19 Å². The largest absolute Gasteiger partial charge is 0.305 e. The Morgan fingerprint density at radius 1 is 0.647 bits per heavy atom. The van der Waals surface area contributed by atoms with Crippen LogP contribution in [0, 0.1) is 12.1 Å². The van der Waals surface area contributed by atoms with E-state index in [1.54, 1.807) is 17.5 Å². The monoisotopic (exact) mass is 874 g/mol. The molecule has 0 aliphatic heterocycles. The Bertz CT molecular complexity index is 2430. The number of hydrogen-bond donors (Lipinski definition) is 0. The summed E-state index contributed by atoms with van der Waals surface area (Å²) in [6.45, 7) is 10.8. The van der Waals surface area contributed by atoms with Crippen molar-refractivity contribution in [1.29, 1.82) is 0 Å². The minimum atomic E-state index is -1.23. The standard InChI is InChI=1S/C32H24NS.C14H16NSi.Ir/c1-21(2)23-16-17-33-30(20-23)28-13-7-12-27-29-19-26(14-15-31(29)34-32(27)28)25-11-6-10-24(18-25)22-8-4-3-5-9-22;1-16(2,3)13-9-10-14(15-11-13)12-7-5-4-6-8-12;/h3-12,14-21H,1-2H3;4-7,9-11H,1-3H3;/q2*-1;/i21D;;. The fraction of sp³-hybridized carbons (Fsp3) is 0.130. The van der Waals surface area contributed by atoms with Crippen molar-refractivity contribution >= 4 is 44.8 Å². The van der Waals surface area contributed by atoms with Crippen molar-refractivity contribution in [1.82, 2.24) is 9.97 Å². The van der Waals surface area contributed by atoms with Crippen molar-refractivity contribution in [3.05, 3.63) is 164 Å². The molecule has 3 heterocycles. The average molecular weight is 874 g/mol. The molecule has 5 heteroatoms. The summed E-state index contributed by atoms with van der Waals surface area (Å²) in [5.41, 5.74) is 9.75. The molecule has 3 aromatic heterocycles. The Kier molecular flexibility index (Phi) is 10.8. The van der Waals surface area contributed by atoms with E-state index < -0.39 is 14.0 Å². The van der Waals surface area contributed by atoms with Gasteiger partial charge < -0.3 is 9.97 Å². The van der Waals surface area contributed by atoms with Crippen molar-refractivity contribution < 1.29 is 21.5 Å². The number of benzene rings is 5. The molecule has 2 nitrogen and oxygen atoms in total. The molecule has 0 aliphatic rings. The fourth-order valence-corrected chi connectivity index (χ4v) is 8.27. The summed E-state index contributed by atoms with van der Waals surface area (Å²) in [6.07, 6.45) is 3.82. The second-order valence-electron chi connectivity index (χ2n) is 13.7. The topological polar surface area (TPSA) is 25.8 Å². The Hall–Kier alpha value is -4.51. The molecule has 0 fully saturated rings. The Labute approximate surface area is 322 Å². The van der Waals surface area contributed by atoms with Gasteiger partial charge in [-0.1, -0.05) is 117 Å². The first kappa shape index (κ1) is 34.9. The SMILES string of the molecule is C[Si](C)(C)c1ccc(-c2[c-]cccc2)nc1.[2H]C(C)(C)c1ccnc(-c2[c-]ccc3c2sc2ccc(-c4cccc(-c5ccccc5)c4)cc23)c1.[Ir]. The van der Waals surface area contributed by atoms with E-state index in [1.165, 1.54) is 47.6 Å². The normalized spacial score (nSPS) is 11.7. The first-order valence-electron chi connectivity index (χ1n) is 17.5. The molecule has 0 saturated carbocycles. The minimum Gasteiger partial charge on any atom is -0.305 e. The van der Waals surface area contributed by atoms with E-state index >= 15 is 0 Å². The maximum atomic E-state index is 8.42. The number of nitrogens with zero attached hydrogens (tertiary/aromatic N) is 2. The van der Waals surface area contributed by atoms with Gasteiger partial charge in [0.15, 0.2) is 0 Å². The molecule has 0 amide bonds. The van der Waals surface area contributed by atoms with Gasteiger partial charge in [-0.3, -0.25) is 0 Å². The van der Waals surface area contributed by atoms with E-state index in [-0.39, 0.29) is 20.1 Å². The number of fused-ring (bicyclic) bond motifs is 3. The third kappa shape index (κ3) is 8.19. The summed E-state index contributed by atoms with van der Waals surface area (Å²) in [5.74, 6) is -0.672. The van der Waals surface area contributed by atoms with Gasteiger partial charge in [-0.15, -0.1) is 59.7 Å². The van der Waals surface area contributed by atoms with Crippen LogP contribution in [0.25, 0.3) is 64.9 Å². The van der Waals surface area contributed by atoms with Crippen LogP contribution in [-0.2, 0) is 20.1 Å². The van der Waals surface area contributed by atoms with Gasteiger partial charge in [-0.25, -0.2) is 0 Å². The number of pyridine rings is 2. The summed E-state index contributed by atoms with van der Waals surface area (Å²) in [6, 6.07) is 53.0. The van der Waals surface area contributed by atoms with Gasteiger partial charge in [0.2, 0.25) is 0 Å². The Morgan fingerprint density at radius 3 is 2.10 bits per heavy atom. The molecule has 8 rings (SSSR count). The van der Waals surface area contributed by atoms with E-state index in [1.807, 2.05) is 68.6 Å². The maximum absolute atomic E-state index is 8.42. The van der Waals surface area contributed by atoms with Crippen molar-refractivity contribution in [2.75, 3.05) is 0 Å². The van der Waals surface area contributed by atoms with Gasteiger partial charge in [0.05, 0.1) is 8.07 Å².